The average Bonchev–Trinajstić information content (AvgIpc) is 2.61. The van der Waals surface area contributed by atoms with Crippen molar-refractivity contribution in [3.05, 3.63) is 0 Å². The molecule has 62 valence electrons. The van der Waals surface area contributed by atoms with E-state index < -0.39 is 13.8 Å². The van der Waals surface area contributed by atoms with Gasteiger partial charge in [-0.05, 0) is 19.3 Å². The summed E-state index contributed by atoms with van der Waals surface area (Å²) in [6.07, 6.45) is 7.35. The van der Waals surface area contributed by atoms with Crippen molar-refractivity contribution in [3.8, 4) is 12.3 Å². The molecule has 0 amide bonds. The first kappa shape index (κ1) is 8.89. The molecule has 0 bridgehead atoms. The SMILES string of the molecule is C#CCCC1(S(=O)(=O)Cl)CC1. The van der Waals surface area contributed by atoms with Crippen molar-refractivity contribution in [3.63, 3.8) is 0 Å². The van der Waals surface area contributed by atoms with E-state index in [0.29, 0.717) is 25.7 Å². The molecule has 1 fully saturated rings. The van der Waals surface area contributed by atoms with E-state index in [1.807, 2.05) is 0 Å². The molecule has 0 N–H and O–H groups in total. The summed E-state index contributed by atoms with van der Waals surface area (Å²) in [6, 6.07) is 0. The van der Waals surface area contributed by atoms with Crippen molar-refractivity contribution in [2.75, 3.05) is 0 Å². The lowest BCUT2D eigenvalue weighted by Crippen LogP contribution is -2.17. The molecule has 0 aliphatic heterocycles. The quantitative estimate of drug-likeness (QED) is 0.502. The van der Waals surface area contributed by atoms with Crippen LogP contribution in [-0.2, 0) is 9.05 Å². The molecule has 11 heavy (non-hydrogen) atoms. The van der Waals surface area contributed by atoms with E-state index >= 15 is 0 Å². The summed E-state index contributed by atoms with van der Waals surface area (Å²) in [7, 11) is 1.84. The summed E-state index contributed by atoms with van der Waals surface area (Å²) in [5, 5.41) is 0. The molecule has 2 nitrogen and oxygen atoms in total. The number of hydrogen-bond donors (Lipinski definition) is 0. The van der Waals surface area contributed by atoms with Gasteiger partial charge in [-0.25, -0.2) is 8.42 Å². The second-order valence-electron chi connectivity index (χ2n) is 2.82. The molecule has 1 aliphatic carbocycles. The second kappa shape index (κ2) is 2.69. The van der Waals surface area contributed by atoms with Crippen LogP contribution in [0.4, 0.5) is 0 Å². The third kappa shape index (κ3) is 1.69. The summed E-state index contributed by atoms with van der Waals surface area (Å²) in [6.45, 7) is 0. The molecular formula is C7H9ClO2S. The summed E-state index contributed by atoms with van der Waals surface area (Å²) in [5.74, 6) is 2.41. The maximum absolute atomic E-state index is 10.9. The first-order valence-corrected chi connectivity index (χ1v) is 5.70. The molecule has 0 aromatic carbocycles. The maximum atomic E-state index is 10.9. The third-order valence-electron chi connectivity index (χ3n) is 2.05. The van der Waals surface area contributed by atoms with Gasteiger partial charge in [0.05, 0.1) is 4.75 Å². The van der Waals surface area contributed by atoms with Gasteiger partial charge in [0.25, 0.3) is 0 Å². The van der Waals surface area contributed by atoms with Crippen LogP contribution in [0.5, 0.6) is 0 Å². The van der Waals surface area contributed by atoms with Gasteiger partial charge < -0.3 is 0 Å². The molecule has 1 rings (SSSR count). The van der Waals surface area contributed by atoms with Crippen molar-refractivity contribution in [1.29, 1.82) is 0 Å². The van der Waals surface area contributed by atoms with Crippen LogP contribution < -0.4 is 0 Å². The monoisotopic (exact) mass is 192 g/mol. The normalized spacial score (nSPS) is 20.7. The molecule has 0 unspecified atom stereocenters. The molecule has 0 saturated heterocycles. The van der Waals surface area contributed by atoms with Crippen molar-refractivity contribution in [2.24, 2.45) is 0 Å². The first-order valence-electron chi connectivity index (χ1n) is 3.39. The summed E-state index contributed by atoms with van der Waals surface area (Å²) in [5.41, 5.74) is 0. The summed E-state index contributed by atoms with van der Waals surface area (Å²) < 4.78 is 21.2. The van der Waals surface area contributed by atoms with Crippen LogP contribution in [0.25, 0.3) is 0 Å². The largest absolute Gasteiger partial charge is 0.238 e. The average molecular weight is 193 g/mol. The molecule has 4 heteroatoms. The van der Waals surface area contributed by atoms with Gasteiger partial charge in [-0.15, -0.1) is 12.3 Å². The smallest absolute Gasteiger partial charge is 0.212 e. The predicted octanol–water partition coefficient (Wildman–Crippen LogP) is 1.50. The van der Waals surface area contributed by atoms with Gasteiger partial charge in [0.1, 0.15) is 0 Å². The third-order valence-corrected chi connectivity index (χ3v) is 4.68. The lowest BCUT2D eigenvalue weighted by atomic mass is 10.2. The van der Waals surface area contributed by atoms with Gasteiger partial charge in [0, 0.05) is 17.1 Å². The number of rotatable bonds is 3. The highest BCUT2D eigenvalue weighted by molar-refractivity contribution is 8.15. The molecule has 0 aromatic heterocycles. The lowest BCUT2D eigenvalue weighted by molar-refractivity contribution is 0.584. The molecular weight excluding hydrogens is 184 g/mol. The Balaban J connectivity index is 2.64. The van der Waals surface area contributed by atoms with Crippen LogP contribution in [0.1, 0.15) is 25.7 Å². The van der Waals surface area contributed by atoms with Gasteiger partial charge in [-0.2, -0.15) is 0 Å². The topological polar surface area (TPSA) is 34.1 Å². The Morgan fingerprint density at radius 1 is 1.55 bits per heavy atom. The zero-order chi connectivity index (χ0) is 8.54. The first-order chi connectivity index (χ1) is 5.02. The van der Waals surface area contributed by atoms with Gasteiger partial charge in [-0.1, -0.05) is 0 Å². The minimum absolute atomic E-state index is 0.492. The van der Waals surface area contributed by atoms with E-state index in [0.717, 1.165) is 0 Å². The van der Waals surface area contributed by atoms with Crippen molar-refractivity contribution >= 4 is 19.7 Å². The lowest BCUT2D eigenvalue weighted by Gasteiger charge is -2.07. The minimum Gasteiger partial charge on any atom is -0.212 e. The fourth-order valence-corrected chi connectivity index (χ4v) is 2.69. The Hall–Kier alpha value is -0.200. The Labute approximate surface area is 71.4 Å². The van der Waals surface area contributed by atoms with Gasteiger partial charge in [-0.3, -0.25) is 0 Å². The number of halogens is 1. The zero-order valence-electron chi connectivity index (χ0n) is 6.01. The van der Waals surface area contributed by atoms with E-state index in [-0.39, 0.29) is 0 Å². The molecule has 0 aromatic rings. The molecule has 0 spiro atoms. The summed E-state index contributed by atoms with van der Waals surface area (Å²) >= 11 is 0. The summed E-state index contributed by atoms with van der Waals surface area (Å²) in [4.78, 5) is 0. The van der Waals surface area contributed by atoms with Gasteiger partial charge >= 0.3 is 0 Å². The Morgan fingerprint density at radius 2 is 2.09 bits per heavy atom. The maximum Gasteiger partial charge on any atom is 0.238 e. The molecule has 0 heterocycles. The van der Waals surface area contributed by atoms with Crippen molar-refractivity contribution in [2.45, 2.75) is 30.4 Å². The molecule has 1 aliphatic rings. The van der Waals surface area contributed by atoms with E-state index in [1.165, 1.54) is 0 Å². The second-order valence-corrected chi connectivity index (χ2v) is 5.79. The van der Waals surface area contributed by atoms with Crippen LogP contribution in [0.2, 0.25) is 0 Å². The highest BCUT2D eigenvalue weighted by Gasteiger charge is 2.52. The van der Waals surface area contributed by atoms with Crippen molar-refractivity contribution in [1.82, 2.24) is 0 Å². The zero-order valence-corrected chi connectivity index (χ0v) is 7.58. The number of terminal acetylenes is 1. The minimum atomic E-state index is -3.39. The van der Waals surface area contributed by atoms with Crippen LogP contribution in [0.3, 0.4) is 0 Å². The van der Waals surface area contributed by atoms with E-state index in [2.05, 4.69) is 5.92 Å². The van der Waals surface area contributed by atoms with Crippen molar-refractivity contribution < 1.29 is 8.42 Å². The highest BCUT2D eigenvalue weighted by Crippen LogP contribution is 2.48. The van der Waals surface area contributed by atoms with E-state index in [9.17, 15) is 8.42 Å². The standard InChI is InChI=1S/C7H9ClO2S/c1-2-3-4-7(5-6-7)11(8,9)10/h1H,3-6H2. The molecule has 1 saturated carbocycles. The number of hydrogen-bond acceptors (Lipinski definition) is 2. The fraction of sp³-hybridized carbons (Fsp3) is 0.714. The molecule has 0 atom stereocenters. The van der Waals surface area contributed by atoms with Gasteiger partial charge in [0.2, 0.25) is 9.05 Å². The van der Waals surface area contributed by atoms with E-state index in [4.69, 9.17) is 17.1 Å². The van der Waals surface area contributed by atoms with Gasteiger partial charge in [0.15, 0.2) is 0 Å². The van der Waals surface area contributed by atoms with Crippen LogP contribution in [0.15, 0.2) is 0 Å². The molecule has 0 radical (unpaired) electrons. The predicted molar refractivity (Wildman–Crippen MR) is 44.8 cm³/mol. The van der Waals surface area contributed by atoms with E-state index in [1.54, 1.807) is 0 Å². The van der Waals surface area contributed by atoms with Crippen LogP contribution >= 0.6 is 10.7 Å². The van der Waals surface area contributed by atoms with Crippen LogP contribution in [0, 0.1) is 12.3 Å². The fourth-order valence-electron chi connectivity index (χ4n) is 1.06. The highest BCUT2D eigenvalue weighted by atomic mass is 35.7. The van der Waals surface area contributed by atoms with Crippen LogP contribution in [-0.4, -0.2) is 13.2 Å². The Bertz CT molecular complexity index is 282. The Morgan fingerprint density at radius 3 is 2.36 bits per heavy atom. The Kier molecular flexibility index (Phi) is 2.17.